The van der Waals surface area contributed by atoms with Gasteiger partial charge in [-0.05, 0) is 68.2 Å². The fourth-order valence-corrected chi connectivity index (χ4v) is 4.82. The smallest absolute Gasteiger partial charge is 0.416 e. The molecule has 1 fully saturated rings. The number of hydrogen-bond acceptors (Lipinski definition) is 4. The minimum Gasteiger partial charge on any atom is -0.491 e. The Labute approximate surface area is 195 Å². The molecule has 3 aromatic rings. The van der Waals surface area contributed by atoms with Gasteiger partial charge < -0.3 is 14.2 Å². The summed E-state index contributed by atoms with van der Waals surface area (Å²) >= 11 is 6.20. The summed E-state index contributed by atoms with van der Waals surface area (Å²) in [6, 6.07) is 11.0. The monoisotopic (exact) mass is 476 g/mol. The van der Waals surface area contributed by atoms with Crippen molar-refractivity contribution in [1.29, 1.82) is 0 Å². The molecule has 0 unspecified atom stereocenters. The average molecular weight is 477 g/mol. The third kappa shape index (κ3) is 4.73. The molecule has 5 rings (SSSR count). The Bertz CT molecular complexity index is 1120. The molecule has 5 nitrogen and oxygen atoms in total. The number of hydrogen-bond donors (Lipinski definition) is 0. The number of aromatic nitrogens is 3. The molecule has 0 aliphatic carbocycles. The molecule has 0 radical (unpaired) electrons. The lowest BCUT2D eigenvalue weighted by atomic mass is 9.95. The van der Waals surface area contributed by atoms with Gasteiger partial charge in [-0.15, -0.1) is 10.2 Å². The molecular formula is C24H24ClF3N4O. The van der Waals surface area contributed by atoms with E-state index in [2.05, 4.69) is 19.7 Å². The van der Waals surface area contributed by atoms with Crippen LogP contribution in [0.25, 0.3) is 11.4 Å². The molecule has 2 aliphatic heterocycles. The minimum absolute atomic E-state index is 0.314. The molecule has 0 N–H and O–H groups in total. The number of nitrogens with zero attached hydrogens (tertiary/aromatic N) is 4. The van der Waals surface area contributed by atoms with Gasteiger partial charge in [0.1, 0.15) is 18.2 Å². The first-order valence-electron chi connectivity index (χ1n) is 11.1. The average Bonchev–Trinajstić information content (AvgIpc) is 3.14. The van der Waals surface area contributed by atoms with Crippen molar-refractivity contribution in [2.24, 2.45) is 0 Å². The molecule has 3 heterocycles. The number of halogens is 4. The molecule has 1 aromatic heterocycles. The highest BCUT2D eigenvalue weighted by molar-refractivity contribution is 6.30. The van der Waals surface area contributed by atoms with Crippen LogP contribution in [0.5, 0.6) is 5.75 Å². The molecule has 33 heavy (non-hydrogen) atoms. The van der Waals surface area contributed by atoms with Gasteiger partial charge in [0, 0.05) is 17.5 Å². The fraction of sp³-hybridized carbons (Fsp3) is 0.417. The van der Waals surface area contributed by atoms with Crippen molar-refractivity contribution in [1.82, 2.24) is 19.7 Å². The second-order valence-corrected chi connectivity index (χ2v) is 9.02. The Balaban J connectivity index is 1.21. The SMILES string of the molecule is FC(F)(F)c1ccc(CCN2CCC(c3nnc4n3CCOc3ccc(Cl)cc3-4)CC2)cc1. The van der Waals surface area contributed by atoms with Gasteiger partial charge in [0.05, 0.1) is 17.7 Å². The van der Waals surface area contributed by atoms with Crippen molar-refractivity contribution in [3.05, 3.63) is 64.4 Å². The standard InChI is InChI=1S/C24H24ClF3N4O/c25-19-5-6-21-20(15-19)23-30-29-22(32(23)13-14-33-21)17-8-11-31(12-9-17)10-7-16-1-3-18(4-2-16)24(26,27)28/h1-6,15,17H,7-14H2. The van der Waals surface area contributed by atoms with Crippen LogP contribution in [0.4, 0.5) is 13.2 Å². The Kier molecular flexibility index (Phi) is 6.05. The maximum atomic E-state index is 12.7. The minimum atomic E-state index is -4.29. The molecule has 1 saturated heterocycles. The zero-order valence-electron chi connectivity index (χ0n) is 18.0. The summed E-state index contributed by atoms with van der Waals surface area (Å²) in [6.45, 7) is 3.92. The van der Waals surface area contributed by atoms with Crippen LogP contribution in [0.1, 0.15) is 35.7 Å². The van der Waals surface area contributed by atoms with E-state index < -0.39 is 11.7 Å². The highest BCUT2D eigenvalue weighted by atomic mass is 35.5. The molecule has 0 saturated carbocycles. The summed E-state index contributed by atoms with van der Waals surface area (Å²) < 4.78 is 46.3. The molecule has 0 bridgehead atoms. The number of fused-ring (bicyclic) bond motifs is 3. The van der Waals surface area contributed by atoms with Crippen molar-refractivity contribution >= 4 is 11.6 Å². The van der Waals surface area contributed by atoms with Gasteiger partial charge in [-0.2, -0.15) is 13.2 Å². The van der Waals surface area contributed by atoms with Crippen molar-refractivity contribution in [2.45, 2.75) is 37.9 Å². The Hall–Kier alpha value is -2.58. The fourth-order valence-electron chi connectivity index (χ4n) is 4.65. The van der Waals surface area contributed by atoms with Crippen LogP contribution in [0.15, 0.2) is 42.5 Å². The van der Waals surface area contributed by atoms with Crippen LogP contribution in [0, 0.1) is 0 Å². The molecule has 2 aliphatic rings. The molecular weight excluding hydrogens is 453 g/mol. The van der Waals surface area contributed by atoms with E-state index in [0.717, 1.165) is 79.6 Å². The molecule has 0 atom stereocenters. The van der Waals surface area contributed by atoms with E-state index >= 15 is 0 Å². The summed E-state index contributed by atoms with van der Waals surface area (Å²) in [5, 5.41) is 9.65. The number of piperidine rings is 1. The Morgan fingerprint density at radius 2 is 1.76 bits per heavy atom. The van der Waals surface area contributed by atoms with Crippen molar-refractivity contribution in [3.8, 4) is 17.1 Å². The molecule has 9 heteroatoms. The zero-order chi connectivity index (χ0) is 23.0. The number of rotatable bonds is 4. The normalized spacial score (nSPS) is 17.2. The number of benzene rings is 2. The van der Waals surface area contributed by atoms with E-state index in [1.807, 2.05) is 18.2 Å². The highest BCUT2D eigenvalue weighted by Crippen LogP contribution is 2.36. The first-order chi connectivity index (χ1) is 15.9. The van der Waals surface area contributed by atoms with Crippen LogP contribution in [0.2, 0.25) is 5.02 Å². The van der Waals surface area contributed by atoms with Gasteiger partial charge in [0.25, 0.3) is 0 Å². The maximum Gasteiger partial charge on any atom is 0.416 e. The van der Waals surface area contributed by atoms with Crippen molar-refractivity contribution in [3.63, 3.8) is 0 Å². The van der Waals surface area contributed by atoms with Gasteiger partial charge in [-0.1, -0.05) is 23.7 Å². The van der Waals surface area contributed by atoms with E-state index in [4.69, 9.17) is 16.3 Å². The van der Waals surface area contributed by atoms with Crippen LogP contribution >= 0.6 is 11.6 Å². The lowest BCUT2D eigenvalue weighted by Crippen LogP contribution is -2.35. The Morgan fingerprint density at radius 1 is 1.00 bits per heavy atom. The van der Waals surface area contributed by atoms with E-state index in [1.54, 1.807) is 12.1 Å². The maximum absolute atomic E-state index is 12.7. The number of alkyl halides is 3. The van der Waals surface area contributed by atoms with Gasteiger partial charge in [-0.3, -0.25) is 0 Å². The summed E-state index contributed by atoms with van der Waals surface area (Å²) in [7, 11) is 0. The third-order valence-corrected chi connectivity index (χ3v) is 6.72. The summed E-state index contributed by atoms with van der Waals surface area (Å²) in [6.07, 6.45) is -1.62. The second kappa shape index (κ2) is 8.99. The number of ether oxygens (including phenoxy) is 1. The van der Waals surface area contributed by atoms with Gasteiger partial charge >= 0.3 is 6.18 Å². The van der Waals surface area contributed by atoms with Crippen molar-refractivity contribution in [2.75, 3.05) is 26.2 Å². The third-order valence-electron chi connectivity index (χ3n) is 6.49. The topological polar surface area (TPSA) is 43.2 Å². The molecule has 0 spiro atoms. The lowest BCUT2D eigenvalue weighted by molar-refractivity contribution is -0.137. The van der Waals surface area contributed by atoms with E-state index in [9.17, 15) is 13.2 Å². The zero-order valence-corrected chi connectivity index (χ0v) is 18.7. The van der Waals surface area contributed by atoms with Gasteiger partial charge in [0.15, 0.2) is 5.82 Å². The second-order valence-electron chi connectivity index (χ2n) is 8.58. The first-order valence-corrected chi connectivity index (χ1v) is 11.5. The van der Waals surface area contributed by atoms with Crippen LogP contribution < -0.4 is 4.74 Å². The van der Waals surface area contributed by atoms with E-state index in [-0.39, 0.29) is 0 Å². The van der Waals surface area contributed by atoms with E-state index in [1.165, 1.54) is 0 Å². The predicted molar refractivity (Wildman–Crippen MR) is 120 cm³/mol. The molecule has 0 amide bonds. The summed E-state index contributed by atoms with van der Waals surface area (Å²) in [5.74, 6) is 2.87. The molecule has 174 valence electrons. The largest absolute Gasteiger partial charge is 0.491 e. The Morgan fingerprint density at radius 3 is 2.48 bits per heavy atom. The summed E-state index contributed by atoms with van der Waals surface area (Å²) in [4.78, 5) is 2.37. The quantitative estimate of drug-likeness (QED) is 0.503. The summed E-state index contributed by atoms with van der Waals surface area (Å²) in [5.41, 5.74) is 1.19. The lowest BCUT2D eigenvalue weighted by Gasteiger charge is -2.31. The van der Waals surface area contributed by atoms with Crippen LogP contribution in [-0.4, -0.2) is 45.9 Å². The molecule has 2 aromatic carbocycles. The first kappa shape index (κ1) is 22.2. The van der Waals surface area contributed by atoms with Gasteiger partial charge in [-0.25, -0.2) is 0 Å². The highest BCUT2D eigenvalue weighted by Gasteiger charge is 2.30. The van der Waals surface area contributed by atoms with Crippen LogP contribution in [0.3, 0.4) is 0 Å². The number of likely N-dealkylation sites (tertiary alicyclic amines) is 1. The van der Waals surface area contributed by atoms with E-state index in [0.29, 0.717) is 24.1 Å². The van der Waals surface area contributed by atoms with Crippen LogP contribution in [-0.2, 0) is 19.1 Å². The van der Waals surface area contributed by atoms with Gasteiger partial charge in [0.2, 0.25) is 0 Å². The predicted octanol–water partition coefficient (Wildman–Crippen LogP) is 5.43. The van der Waals surface area contributed by atoms with Crippen molar-refractivity contribution < 1.29 is 17.9 Å².